The van der Waals surface area contributed by atoms with Gasteiger partial charge in [-0.25, -0.2) is 4.68 Å². The van der Waals surface area contributed by atoms with Gasteiger partial charge in [-0.1, -0.05) is 19.9 Å². The molecule has 0 radical (unpaired) electrons. The molecule has 1 N–H and O–H groups in total. The van der Waals surface area contributed by atoms with Crippen LogP contribution in [0.1, 0.15) is 55.1 Å². The van der Waals surface area contributed by atoms with Gasteiger partial charge in [0.25, 0.3) is 5.91 Å². The Morgan fingerprint density at radius 3 is 2.61 bits per heavy atom. The number of nitrogens with zero attached hydrogens (tertiary/aromatic N) is 6. The molecule has 0 unspecified atom stereocenters. The highest BCUT2D eigenvalue weighted by molar-refractivity contribution is 6.06. The van der Waals surface area contributed by atoms with Crippen molar-refractivity contribution in [3.63, 3.8) is 0 Å². The van der Waals surface area contributed by atoms with E-state index >= 15 is 0 Å². The maximum absolute atomic E-state index is 13.1. The number of carbonyl (C=O) groups is 1. The molecule has 33 heavy (non-hydrogen) atoms. The van der Waals surface area contributed by atoms with E-state index in [0.717, 1.165) is 16.5 Å². The van der Waals surface area contributed by atoms with Crippen LogP contribution in [0, 0.1) is 22.7 Å². The van der Waals surface area contributed by atoms with Gasteiger partial charge in [-0.3, -0.25) is 9.48 Å². The van der Waals surface area contributed by atoms with Crippen molar-refractivity contribution in [1.82, 2.24) is 19.6 Å². The zero-order valence-corrected chi connectivity index (χ0v) is 18.9. The van der Waals surface area contributed by atoms with Gasteiger partial charge in [-0.2, -0.15) is 20.7 Å². The highest BCUT2D eigenvalue weighted by Gasteiger charge is 2.21. The van der Waals surface area contributed by atoms with E-state index in [1.807, 2.05) is 32.0 Å². The van der Waals surface area contributed by atoms with E-state index in [1.54, 1.807) is 60.0 Å². The first-order valence-corrected chi connectivity index (χ1v) is 10.5. The Balaban J connectivity index is 1.69. The SMILES string of the molecule is CC(C)c1c(C#N)cccc1C(=O)Nc1ccc2cnn(-c3cnn(C(C)(C)C#N)c3)c2c1. The molecule has 2 aromatic heterocycles. The first kappa shape index (κ1) is 21.8. The molecule has 0 atom stereocenters. The van der Waals surface area contributed by atoms with Gasteiger partial charge in [0.15, 0.2) is 0 Å². The normalized spacial score (nSPS) is 11.4. The van der Waals surface area contributed by atoms with Crippen LogP contribution in [0.2, 0.25) is 0 Å². The third kappa shape index (κ3) is 3.95. The molecule has 0 fully saturated rings. The summed E-state index contributed by atoms with van der Waals surface area (Å²) in [5, 5.41) is 31.4. The fourth-order valence-electron chi connectivity index (χ4n) is 3.76. The van der Waals surface area contributed by atoms with Crippen LogP contribution in [0.3, 0.4) is 0 Å². The summed E-state index contributed by atoms with van der Waals surface area (Å²) in [7, 11) is 0. The molecule has 0 bridgehead atoms. The summed E-state index contributed by atoms with van der Waals surface area (Å²) < 4.78 is 3.31. The number of aromatic nitrogens is 4. The lowest BCUT2D eigenvalue weighted by Crippen LogP contribution is -2.24. The molecule has 8 nitrogen and oxygen atoms in total. The van der Waals surface area contributed by atoms with E-state index in [4.69, 9.17) is 0 Å². The van der Waals surface area contributed by atoms with E-state index in [-0.39, 0.29) is 11.8 Å². The van der Waals surface area contributed by atoms with Crippen LogP contribution in [0.25, 0.3) is 16.6 Å². The molecule has 4 aromatic rings. The van der Waals surface area contributed by atoms with E-state index in [0.29, 0.717) is 22.5 Å². The topological polar surface area (TPSA) is 112 Å². The third-order valence-corrected chi connectivity index (χ3v) is 5.54. The van der Waals surface area contributed by atoms with Crippen molar-refractivity contribution in [3.8, 4) is 17.8 Å². The Morgan fingerprint density at radius 2 is 1.91 bits per heavy atom. The standard InChI is InChI=1S/C25H23N7O/c1-16(2)23-17(11-26)6-5-7-21(23)24(33)30-19-9-8-18-12-29-32(22(18)10-19)20-13-28-31(14-20)25(3,4)15-27/h5-10,12-14,16H,1-4H3,(H,30,33). The maximum atomic E-state index is 13.1. The van der Waals surface area contributed by atoms with Crippen LogP contribution in [-0.2, 0) is 5.54 Å². The van der Waals surface area contributed by atoms with Gasteiger partial charge in [0.2, 0.25) is 0 Å². The average molecular weight is 438 g/mol. The Labute approximate surface area is 191 Å². The number of hydrogen-bond acceptors (Lipinski definition) is 5. The number of anilines is 1. The lowest BCUT2D eigenvalue weighted by atomic mass is 9.92. The summed E-state index contributed by atoms with van der Waals surface area (Å²) in [5.41, 5.74) is 3.04. The van der Waals surface area contributed by atoms with Gasteiger partial charge in [-0.15, -0.1) is 0 Å². The van der Waals surface area contributed by atoms with Crippen LogP contribution < -0.4 is 5.32 Å². The third-order valence-electron chi connectivity index (χ3n) is 5.54. The lowest BCUT2D eigenvalue weighted by Gasteiger charge is -2.15. The van der Waals surface area contributed by atoms with Gasteiger partial charge < -0.3 is 5.32 Å². The molecule has 0 saturated carbocycles. The van der Waals surface area contributed by atoms with Crippen LogP contribution in [0.5, 0.6) is 0 Å². The maximum Gasteiger partial charge on any atom is 0.255 e. The first-order chi connectivity index (χ1) is 15.7. The molecule has 0 aliphatic carbocycles. The van der Waals surface area contributed by atoms with Crippen molar-refractivity contribution < 1.29 is 4.79 Å². The summed E-state index contributed by atoms with van der Waals surface area (Å²) in [6.07, 6.45) is 5.16. The molecule has 0 aliphatic heterocycles. The van der Waals surface area contributed by atoms with E-state index in [9.17, 15) is 15.3 Å². The summed E-state index contributed by atoms with van der Waals surface area (Å²) in [6.45, 7) is 7.49. The monoisotopic (exact) mass is 437 g/mol. The molecule has 4 rings (SSSR count). The van der Waals surface area contributed by atoms with Gasteiger partial charge in [0.1, 0.15) is 11.2 Å². The largest absolute Gasteiger partial charge is 0.322 e. The molecule has 164 valence electrons. The van der Waals surface area contributed by atoms with Crippen LogP contribution >= 0.6 is 0 Å². The fraction of sp³-hybridized carbons (Fsp3) is 0.240. The molecule has 0 spiro atoms. The number of benzene rings is 2. The van der Waals surface area contributed by atoms with Gasteiger partial charge in [0, 0.05) is 16.6 Å². The average Bonchev–Trinajstić information content (AvgIpc) is 3.45. The predicted molar refractivity (Wildman–Crippen MR) is 125 cm³/mol. The highest BCUT2D eigenvalue weighted by atomic mass is 16.1. The lowest BCUT2D eigenvalue weighted by molar-refractivity contribution is 0.102. The number of nitrogens with one attached hydrogen (secondary N) is 1. The van der Waals surface area contributed by atoms with Crippen molar-refractivity contribution in [2.24, 2.45) is 0 Å². The molecule has 8 heteroatoms. The van der Waals surface area contributed by atoms with Crippen molar-refractivity contribution in [1.29, 1.82) is 10.5 Å². The minimum atomic E-state index is -0.785. The minimum absolute atomic E-state index is 0.0275. The molecule has 1 amide bonds. The summed E-state index contributed by atoms with van der Waals surface area (Å²) in [5.74, 6) is -0.246. The van der Waals surface area contributed by atoms with Crippen molar-refractivity contribution in [2.75, 3.05) is 5.32 Å². The molecular formula is C25H23N7O. The first-order valence-electron chi connectivity index (χ1n) is 10.5. The Morgan fingerprint density at radius 1 is 1.12 bits per heavy atom. The quantitative estimate of drug-likeness (QED) is 0.485. The second kappa shape index (κ2) is 8.25. The Kier molecular flexibility index (Phi) is 5.45. The number of nitriles is 2. The molecule has 2 heterocycles. The molecule has 0 aliphatic rings. The van der Waals surface area contributed by atoms with E-state index in [2.05, 4.69) is 27.7 Å². The second-order valence-corrected chi connectivity index (χ2v) is 8.63. The van der Waals surface area contributed by atoms with Gasteiger partial charge >= 0.3 is 0 Å². The minimum Gasteiger partial charge on any atom is -0.322 e. The number of rotatable bonds is 5. The van der Waals surface area contributed by atoms with Crippen molar-refractivity contribution >= 4 is 22.5 Å². The number of amides is 1. The molecule has 0 saturated heterocycles. The summed E-state index contributed by atoms with van der Waals surface area (Å²) in [4.78, 5) is 13.1. The van der Waals surface area contributed by atoms with Crippen molar-refractivity contribution in [3.05, 3.63) is 71.7 Å². The summed E-state index contributed by atoms with van der Waals surface area (Å²) >= 11 is 0. The van der Waals surface area contributed by atoms with E-state index < -0.39 is 5.54 Å². The number of hydrogen-bond donors (Lipinski definition) is 1. The van der Waals surface area contributed by atoms with Gasteiger partial charge in [0.05, 0.1) is 41.8 Å². The van der Waals surface area contributed by atoms with Crippen LogP contribution in [0.4, 0.5) is 5.69 Å². The second-order valence-electron chi connectivity index (χ2n) is 8.63. The molecular weight excluding hydrogens is 414 g/mol. The molecule has 2 aromatic carbocycles. The zero-order valence-electron chi connectivity index (χ0n) is 18.9. The van der Waals surface area contributed by atoms with Crippen molar-refractivity contribution in [2.45, 2.75) is 39.2 Å². The predicted octanol–water partition coefficient (Wildman–Crippen LogP) is 4.73. The summed E-state index contributed by atoms with van der Waals surface area (Å²) in [6, 6.07) is 15.1. The van der Waals surface area contributed by atoms with Crippen LogP contribution in [-0.4, -0.2) is 25.5 Å². The van der Waals surface area contributed by atoms with Gasteiger partial charge in [-0.05, 0) is 55.7 Å². The van der Waals surface area contributed by atoms with Crippen LogP contribution in [0.15, 0.2) is 55.0 Å². The smallest absolute Gasteiger partial charge is 0.255 e. The highest BCUT2D eigenvalue weighted by Crippen LogP contribution is 2.26. The number of carbonyl (C=O) groups excluding carboxylic acids is 1. The van der Waals surface area contributed by atoms with E-state index in [1.165, 1.54) is 0 Å². The zero-order chi connectivity index (χ0) is 23.8. The fourth-order valence-corrected chi connectivity index (χ4v) is 3.76. The Hall–Kier alpha value is -4.43. The number of fused-ring (bicyclic) bond motifs is 1. The Bertz CT molecular complexity index is 1440.